The van der Waals surface area contributed by atoms with Gasteiger partial charge in [-0.15, -0.1) is 0 Å². The van der Waals surface area contributed by atoms with Gasteiger partial charge < -0.3 is 0 Å². The fourth-order valence-electron chi connectivity index (χ4n) is 7.95. The normalized spacial score (nSPS) is 57.8. The maximum atomic E-state index is 16.6. The van der Waals surface area contributed by atoms with Crippen LogP contribution in [0.2, 0.25) is 0 Å². The molecule has 4 rings (SSSR count). The fourth-order valence-corrected chi connectivity index (χ4v) is 7.95. The van der Waals surface area contributed by atoms with Crippen LogP contribution in [0.5, 0.6) is 0 Å². The molecule has 4 saturated carbocycles. The third kappa shape index (κ3) is 1.75. The van der Waals surface area contributed by atoms with Gasteiger partial charge in [-0.3, -0.25) is 0 Å². The zero-order valence-corrected chi connectivity index (χ0v) is 15.0. The predicted octanol–water partition coefficient (Wildman–Crippen LogP) is 6.54. The van der Waals surface area contributed by atoms with Crippen LogP contribution in [0.3, 0.4) is 0 Å². The number of halogens is 1. The Hall–Kier alpha value is -0.0700. The summed E-state index contributed by atoms with van der Waals surface area (Å²) in [6.45, 7) is 7.22. The van der Waals surface area contributed by atoms with Gasteiger partial charge in [0.15, 0.2) is 0 Å². The van der Waals surface area contributed by atoms with Gasteiger partial charge in [-0.1, -0.05) is 40.0 Å². The maximum absolute atomic E-state index is 16.6. The molecule has 0 aromatic rings. The van der Waals surface area contributed by atoms with Crippen molar-refractivity contribution in [3.8, 4) is 0 Å². The van der Waals surface area contributed by atoms with Crippen LogP contribution in [-0.4, -0.2) is 5.67 Å². The van der Waals surface area contributed by atoms with E-state index >= 15 is 4.39 Å². The number of alkyl halides is 1. The lowest BCUT2D eigenvalue weighted by Crippen LogP contribution is -2.62. The van der Waals surface area contributed by atoms with Crippen LogP contribution in [0.4, 0.5) is 4.39 Å². The Kier molecular flexibility index (Phi) is 3.49. The van der Waals surface area contributed by atoms with Crippen LogP contribution < -0.4 is 0 Å². The van der Waals surface area contributed by atoms with Crippen molar-refractivity contribution in [2.24, 2.45) is 34.5 Å². The van der Waals surface area contributed by atoms with Crippen molar-refractivity contribution < 1.29 is 4.39 Å². The minimum Gasteiger partial charge on any atom is -0.243 e. The molecular formula is C21H35F. The highest BCUT2D eigenvalue weighted by molar-refractivity contribution is 5.16. The molecule has 22 heavy (non-hydrogen) atoms. The van der Waals surface area contributed by atoms with Gasteiger partial charge in [-0.25, -0.2) is 4.39 Å². The molecular weight excluding hydrogens is 271 g/mol. The van der Waals surface area contributed by atoms with Gasteiger partial charge in [0, 0.05) is 5.41 Å². The van der Waals surface area contributed by atoms with Crippen molar-refractivity contribution >= 4 is 0 Å². The van der Waals surface area contributed by atoms with Crippen LogP contribution in [0, 0.1) is 34.5 Å². The SMILES string of the molecule is CC[C@H]1CC[C@H]2[C@@H]3CCC4CCCC[C@]4(C)[C@@]3(F)CC[C@]12C. The fraction of sp³-hybridized carbons (Fsp3) is 1.00. The van der Waals surface area contributed by atoms with E-state index < -0.39 is 5.67 Å². The van der Waals surface area contributed by atoms with E-state index in [-0.39, 0.29) is 5.41 Å². The first-order chi connectivity index (χ1) is 10.5. The number of hydrogen-bond donors (Lipinski definition) is 0. The molecule has 0 heterocycles. The molecule has 7 atom stereocenters. The van der Waals surface area contributed by atoms with Gasteiger partial charge in [0.05, 0.1) is 0 Å². The molecule has 0 bridgehead atoms. The summed E-state index contributed by atoms with van der Waals surface area (Å²) in [6.07, 6.45) is 13.6. The summed E-state index contributed by atoms with van der Waals surface area (Å²) >= 11 is 0. The maximum Gasteiger partial charge on any atom is 0.119 e. The average molecular weight is 307 g/mol. The lowest BCUT2D eigenvalue weighted by atomic mass is 9.43. The largest absolute Gasteiger partial charge is 0.243 e. The Morgan fingerprint density at radius 3 is 2.41 bits per heavy atom. The van der Waals surface area contributed by atoms with Crippen LogP contribution in [-0.2, 0) is 0 Å². The van der Waals surface area contributed by atoms with E-state index in [0.717, 1.165) is 25.2 Å². The second kappa shape index (κ2) is 4.96. The van der Waals surface area contributed by atoms with E-state index in [0.29, 0.717) is 23.2 Å². The monoisotopic (exact) mass is 306 g/mol. The summed E-state index contributed by atoms with van der Waals surface area (Å²) in [5.74, 6) is 2.59. The van der Waals surface area contributed by atoms with Gasteiger partial charge in [-0.2, -0.15) is 0 Å². The third-order valence-electron chi connectivity index (χ3n) is 9.37. The summed E-state index contributed by atoms with van der Waals surface area (Å²) in [4.78, 5) is 0. The molecule has 0 nitrogen and oxygen atoms in total. The molecule has 0 aliphatic heterocycles. The van der Waals surface area contributed by atoms with Gasteiger partial charge in [-0.05, 0) is 80.5 Å². The Morgan fingerprint density at radius 2 is 1.64 bits per heavy atom. The van der Waals surface area contributed by atoms with Crippen LogP contribution in [0.25, 0.3) is 0 Å². The summed E-state index contributed by atoms with van der Waals surface area (Å²) in [7, 11) is 0. The smallest absolute Gasteiger partial charge is 0.119 e. The molecule has 4 aliphatic rings. The van der Waals surface area contributed by atoms with E-state index in [1.807, 2.05) is 0 Å². The van der Waals surface area contributed by atoms with Crippen molar-refractivity contribution in [2.45, 2.75) is 97.1 Å². The van der Waals surface area contributed by atoms with Crippen LogP contribution in [0.1, 0.15) is 91.4 Å². The van der Waals surface area contributed by atoms with Crippen molar-refractivity contribution in [1.82, 2.24) is 0 Å². The summed E-state index contributed by atoms with van der Waals surface area (Å²) in [5.41, 5.74) is -0.393. The highest BCUT2D eigenvalue weighted by Crippen LogP contribution is 2.70. The standard InChI is InChI=1S/C21H35F/c1-4-15-8-10-17-18-11-9-16-7-5-6-12-20(16,3)21(18,22)14-13-19(15,17)2/h15-18H,4-14H2,1-3H3/t15-,16?,17-,18-,19+,20-,21+/m0/s1. The van der Waals surface area contributed by atoms with Crippen LogP contribution >= 0.6 is 0 Å². The zero-order valence-electron chi connectivity index (χ0n) is 15.0. The van der Waals surface area contributed by atoms with Crippen molar-refractivity contribution in [3.05, 3.63) is 0 Å². The first kappa shape index (κ1) is 15.5. The molecule has 4 aliphatic carbocycles. The average Bonchev–Trinajstić information content (AvgIpc) is 2.84. The van der Waals surface area contributed by atoms with Crippen molar-refractivity contribution in [3.63, 3.8) is 0 Å². The van der Waals surface area contributed by atoms with Gasteiger partial charge in [0.1, 0.15) is 5.67 Å². The van der Waals surface area contributed by atoms with E-state index in [4.69, 9.17) is 0 Å². The Bertz CT molecular complexity index is 445. The van der Waals surface area contributed by atoms with E-state index in [1.165, 1.54) is 51.4 Å². The molecule has 0 aromatic carbocycles. The lowest BCUT2D eigenvalue weighted by Gasteiger charge is -2.63. The van der Waals surface area contributed by atoms with Gasteiger partial charge >= 0.3 is 0 Å². The highest BCUT2D eigenvalue weighted by Gasteiger charge is 2.67. The number of fused-ring (bicyclic) bond motifs is 5. The van der Waals surface area contributed by atoms with E-state index in [1.54, 1.807) is 0 Å². The molecule has 126 valence electrons. The second-order valence-electron chi connectivity index (χ2n) is 9.70. The van der Waals surface area contributed by atoms with Crippen molar-refractivity contribution in [1.29, 1.82) is 0 Å². The molecule has 0 spiro atoms. The molecule has 4 fully saturated rings. The second-order valence-corrected chi connectivity index (χ2v) is 9.70. The molecule has 1 heteroatoms. The molecule has 0 aromatic heterocycles. The number of rotatable bonds is 1. The van der Waals surface area contributed by atoms with Gasteiger partial charge in [0.2, 0.25) is 0 Å². The first-order valence-corrected chi connectivity index (χ1v) is 10.1. The quantitative estimate of drug-likeness (QED) is 0.516. The van der Waals surface area contributed by atoms with E-state index in [2.05, 4.69) is 20.8 Å². The van der Waals surface area contributed by atoms with E-state index in [9.17, 15) is 0 Å². The van der Waals surface area contributed by atoms with Crippen LogP contribution in [0.15, 0.2) is 0 Å². The van der Waals surface area contributed by atoms with Gasteiger partial charge in [0.25, 0.3) is 0 Å². The topological polar surface area (TPSA) is 0 Å². The summed E-state index contributed by atoms with van der Waals surface area (Å²) < 4.78 is 16.6. The minimum atomic E-state index is -0.844. The third-order valence-corrected chi connectivity index (χ3v) is 9.37. The Labute approximate surface area is 136 Å². The minimum absolute atomic E-state index is 0.000200. The zero-order chi connectivity index (χ0) is 15.6. The molecule has 1 unspecified atom stereocenters. The summed E-state index contributed by atoms with van der Waals surface area (Å²) in [5, 5.41) is 0. The van der Waals surface area contributed by atoms with Crippen molar-refractivity contribution in [2.75, 3.05) is 0 Å². The Morgan fingerprint density at radius 1 is 0.864 bits per heavy atom. The molecule has 0 radical (unpaired) electrons. The molecule has 0 N–H and O–H groups in total. The summed E-state index contributed by atoms with van der Waals surface area (Å²) in [6, 6.07) is 0. The molecule has 0 amide bonds. The lowest BCUT2D eigenvalue weighted by molar-refractivity contribution is -0.193. The Balaban J connectivity index is 1.69. The number of hydrogen-bond acceptors (Lipinski definition) is 0. The highest BCUT2D eigenvalue weighted by atomic mass is 19.1. The predicted molar refractivity (Wildman–Crippen MR) is 90.5 cm³/mol. The first-order valence-electron chi connectivity index (χ1n) is 10.1. The molecule has 0 saturated heterocycles.